The Bertz CT molecular complexity index is 3280. The number of fused-ring (bicyclic) bond motifs is 11. The second-order valence-corrected chi connectivity index (χ2v) is 16.9. The monoisotopic (exact) mass is 747 g/mol. The first kappa shape index (κ1) is 31.8. The van der Waals surface area contributed by atoms with Gasteiger partial charge >= 0.3 is 0 Å². The lowest BCUT2D eigenvalue weighted by atomic mass is 9.68. The van der Waals surface area contributed by atoms with Gasteiger partial charge in [0.1, 0.15) is 0 Å². The van der Waals surface area contributed by atoms with Crippen LogP contribution in [-0.4, -0.2) is 0 Å². The molecule has 9 aromatic carbocycles. The zero-order chi connectivity index (χ0) is 36.8. The number of thiophene rings is 2. The molecular weight excluding hydrogens is 715 g/mol. The van der Waals surface area contributed by atoms with Gasteiger partial charge in [0.05, 0.1) is 21.5 Å². The van der Waals surface area contributed by atoms with E-state index in [0.29, 0.717) is 0 Å². The summed E-state index contributed by atoms with van der Waals surface area (Å²) in [5, 5.41) is 7.77. The second-order valence-electron chi connectivity index (χ2n) is 14.8. The minimum absolute atomic E-state index is 0.494. The number of nitrogens with zero attached hydrogens (tertiary/aromatic N) is 1. The van der Waals surface area contributed by atoms with Gasteiger partial charge in [-0.2, -0.15) is 0 Å². The van der Waals surface area contributed by atoms with Gasteiger partial charge in [0.2, 0.25) is 0 Å². The maximum atomic E-state index is 2.56. The summed E-state index contributed by atoms with van der Waals surface area (Å²) < 4.78 is 5.24. The summed E-state index contributed by atoms with van der Waals surface area (Å²) in [4.78, 5) is 2.56. The second kappa shape index (κ2) is 12.2. The van der Waals surface area contributed by atoms with E-state index < -0.39 is 5.41 Å². The Balaban J connectivity index is 1.21. The van der Waals surface area contributed by atoms with Crippen molar-refractivity contribution >= 4 is 90.9 Å². The largest absolute Gasteiger partial charge is 0.308 e. The van der Waals surface area contributed by atoms with Crippen LogP contribution in [0.5, 0.6) is 0 Å². The van der Waals surface area contributed by atoms with E-state index in [4.69, 9.17) is 0 Å². The summed E-state index contributed by atoms with van der Waals surface area (Å²) in [5.74, 6) is 0. The molecule has 1 aliphatic rings. The first-order chi connectivity index (χ1) is 27.8. The molecule has 2 aromatic heterocycles. The molecule has 0 amide bonds. The van der Waals surface area contributed by atoms with Gasteiger partial charge in [0.15, 0.2) is 0 Å². The molecule has 56 heavy (non-hydrogen) atoms. The molecule has 1 aliphatic carbocycles. The molecule has 0 atom stereocenters. The molecule has 0 N–H and O–H groups in total. The highest BCUT2D eigenvalue weighted by atomic mass is 32.1. The lowest BCUT2D eigenvalue weighted by Crippen LogP contribution is -2.28. The normalized spacial score (nSPS) is 13.1. The SMILES string of the molecule is c1ccc(C2(c3ccccc3)c3ccccc3-c3c(N(c4ccc5sc6ccccc6c5c4)c4cccc5c4sc4c6ccccc6ccc54)cccc32)cc1. The first-order valence-electron chi connectivity index (χ1n) is 19.2. The van der Waals surface area contributed by atoms with Crippen LogP contribution in [0.1, 0.15) is 22.3 Å². The van der Waals surface area contributed by atoms with Crippen LogP contribution in [0, 0.1) is 0 Å². The molecule has 0 unspecified atom stereocenters. The van der Waals surface area contributed by atoms with Gasteiger partial charge in [0, 0.05) is 46.9 Å². The average molecular weight is 748 g/mol. The minimum Gasteiger partial charge on any atom is -0.308 e. The highest BCUT2D eigenvalue weighted by Gasteiger charge is 2.47. The standard InChI is InChI=1S/C53H33NS2/c1-3-16-35(17-4-1)53(36-18-5-2-6-19-36)44-24-11-9-22-42(44)50-45(53)25-14-26-46(50)54(37-30-32-49-43(33-37)39-21-10-12-28-48(39)55-49)47-27-13-23-40-41-31-29-34-15-7-8-20-38(34)51(41)56-52(40)47/h1-33H. The molecule has 2 heterocycles. The van der Waals surface area contributed by atoms with E-state index in [2.05, 4.69) is 205 Å². The van der Waals surface area contributed by atoms with Crippen LogP contribution in [0.15, 0.2) is 200 Å². The third-order valence-electron chi connectivity index (χ3n) is 11.9. The summed E-state index contributed by atoms with van der Waals surface area (Å²) in [7, 11) is 0. The Morgan fingerprint density at radius 3 is 1.84 bits per heavy atom. The van der Waals surface area contributed by atoms with E-state index >= 15 is 0 Å². The summed E-state index contributed by atoms with van der Waals surface area (Å²) in [5.41, 5.74) is 10.7. The predicted molar refractivity (Wildman–Crippen MR) is 242 cm³/mol. The fourth-order valence-electron chi connectivity index (χ4n) is 9.61. The molecule has 0 fully saturated rings. The summed E-state index contributed by atoms with van der Waals surface area (Å²) >= 11 is 3.79. The minimum atomic E-state index is -0.494. The number of rotatable bonds is 5. The van der Waals surface area contributed by atoms with Crippen molar-refractivity contribution in [3.05, 3.63) is 222 Å². The Labute approximate surface area is 333 Å². The molecule has 0 bridgehead atoms. The molecule has 0 radical (unpaired) electrons. The van der Waals surface area contributed by atoms with Gasteiger partial charge in [-0.1, -0.05) is 164 Å². The Morgan fingerprint density at radius 2 is 1.00 bits per heavy atom. The quantitative estimate of drug-likeness (QED) is 0.169. The van der Waals surface area contributed by atoms with Crippen LogP contribution in [-0.2, 0) is 5.41 Å². The van der Waals surface area contributed by atoms with E-state index in [1.165, 1.54) is 95.9 Å². The third kappa shape index (κ3) is 4.41. The summed E-state index contributed by atoms with van der Waals surface area (Å²) in [6, 6.07) is 74.5. The van der Waals surface area contributed by atoms with Crippen LogP contribution in [0.3, 0.4) is 0 Å². The Morgan fingerprint density at radius 1 is 0.375 bits per heavy atom. The van der Waals surface area contributed by atoms with Crippen molar-refractivity contribution in [1.82, 2.24) is 0 Å². The number of benzene rings is 9. The number of hydrogen-bond donors (Lipinski definition) is 0. The van der Waals surface area contributed by atoms with E-state index in [0.717, 1.165) is 5.69 Å². The molecular formula is C53H33NS2. The van der Waals surface area contributed by atoms with Crippen LogP contribution >= 0.6 is 22.7 Å². The van der Waals surface area contributed by atoms with E-state index in [9.17, 15) is 0 Å². The molecule has 0 aliphatic heterocycles. The topological polar surface area (TPSA) is 3.24 Å². The summed E-state index contributed by atoms with van der Waals surface area (Å²) in [6.45, 7) is 0. The van der Waals surface area contributed by atoms with Crippen LogP contribution in [0.25, 0.3) is 62.2 Å². The zero-order valence-corrected chi connectivity index (χ0v) is 31.9. The van der Waals surface area contributed by atoms with Crippen molar-refractivity contribution in [2.24, 2.45) is 0 Å². The van der Waals surface area contributed by atoms with E-state index in [-0.39, 0.29) is 0 Å². The molecule has 3 heteroatoms. The van der Waals surface area contributed by atoms with E-state index in [1.54, 1.807) is 0 Å². The highest BCUT2D eigenvalue weighted by Crippen LogP contribution is 2.60. The fraction of sp³-hybridized carbons (Fsp3) is 0.0189. The molecule has 0 spiro atoms. The maximum absolute atomic E-state index is 2.56. The molecule has 11 aromatic rings. The van der Waals surface area contributed by atoms with Gasteiger partial charge in [0.25, 0.3) is 0 Å². The van der Waals surface area contributed by atoms with Gasteiger partial charge < -0.3 is 4.90 Å². The van der Waals surface area contributed by atoms with Crippen molar-refractivity contribution in [2.75, 3.05) is 4.90 Å². The van der Waals surface area contributed by atoms with Gasteiger partial charge in [-0.25, -0.2) is 0 Å². The summed E-state index contributed by atoms with van der Waals surface area (Å²) in [6.07, 6.45) is 0. The Kier molecular flexibility index (Phi) is 6.95. The predicted octanol–water partition coefficient (Wildman–Crippen LogP) is 15.4. The third-order valence-corrected chi connectivity index (χ3v) is 14.4. The van der Waals surface area contributed by atoms with Crippen molar-refractivity contribution in [1.29, 1.82) is 0 Å². The van der Waals surface area contributed by atoms with Crippen LogP contribution < -0.4 is 4.90 Å². The van der Waals surface area contributed by atoms with E-state index in [1.807, 2.05) is 22.7 Å². The van der Waals surface area contributed by atoms with Crippen LogP contribution in [0.2, 0.25) is 0 Å². The maximum Gasteiger partial charge on any atom is 0.0714 e. The highest BCUT2D eigenvalue weighted by molar-refractivity contribution is 7.27. The zero-order valence-electron chi connectivity index (χ0n) is 30.3. The fourth-order valence-corrected chi connectivity index (χ4v) is 12.0. The number of hydrogen-bond acceptors (Lipinski definition) is 3. The van der Waals surface area contributed by atoms with Crippen molar-refractivity contribution in [3.63, 3.8) is 0 Å². The Hall–Kier alpha value is -6.52. The molecule has 262 valence electrons. The molecule has 12 rings (SSSR count). The molecule has 1 nitrogen and oxygen atoms in total. The van der Waals surface area contributed by atoms with Gasteiger partial charge in [-0.05, 0) is 75.0 Å². The first-order valence-corrected chi connectivity index (χ1v) is 20.8. The lowest BCUT2D eigenvalue weighted by molar-refractivity contribution is 0.768. The van der Waals surface area contributed by atoms with Gasteiger partial charge in [-0.3, -0.25) is 0 Å². The smallest absolute Gasteiger partial charge is 0.0714 e. The van der Waals surface area contributed by atoms with Crippen molar-refractivity contribution in [2.45, 2.75) is 5.41 Å². The lowest BCUT2D eigenvalue weighted by Gasteiger charge is -2.34. The molecule has 0 saturated carbocycles. The molecule has 0 saturated heterocycles. The van der Waals surface area contributed by atoms with Crippen molar-refractivity contribution < 1.29 is 0 Å². The van der Waals surface area contributed by atoms with Gasteiger partial charge in [-0.15, -0.1) is 22.7 Å². The van der Waals surface area contributed by atoms with Crippen molar-refractivity contribution in [3.8, 4) is 11.1 Å². The average Bonchev–Trinajstić information content (AvgIpc) is 3.94. The van der Waals surface area contributed by atoms with Crippen LogP contribution in [0.4, 0.5) is 17.1 Å². The number of anilines is 3.